The van der Waals surface area contributed by atoms with Crippen molar-refractivity contribution in [3.63, 3.8) is 0 Å². The Bertz CT molecular complexity index is 710. The number of rotatable bonds is 11. The highest BCUT2D eigenvalue weighted by molar-refractivity contribution is 7.89. The van der Waals surface area contributed by atoms with Crippen molar-refractivity contribution in [2.45, 2.75) is 50.3 Å². The Hall–Kier alpha value is -0.963. The lowest BCUT2D eigenvalue weighted by Gasteiger charge is -2.23. The molecule has 1 rings (SSSR count). The van der Waals surface area contributed by atoms with E-state index in [9.17, 15) is 12.6 Å². The normalized spacial score (nSPS) is 13.9. The lowest BCUT2D eigenvalue weighted by atomic mass is 10.2. The number of sulfonamides is 1. The lowest BCUT2D eigenvalue weighted by Crippen LogP contribution is -2.33. The van der Waals surface area contributed by atoms with Gasteiger partial charge < -0.3 is 5.11 Å². The van der Waals surface area contributed by atoms with Crippen LogP contribution in [0.15, 0.2) is 40.8 Å². The highest BCUT2D eigenvalue weighted by Gasteiger charge is 2.23. The quantitative estimate of drug-likeness (QED) is 0.443. The third kappa shape index (κ3) is 8.61. The number of unbranched alkanes of at least 4 members (excludes halogenated alkanes) is 1. The van der Waals surface area contributed by atoms with Crippen molar-refractivity contribution in [3.8, 4) is 0 Å². The van der Waals surface area contributed by atoms with E-state index in [2.05, 4.69) is 19.6 Å². The first-order valence-electron chi connectivity index (χ1n) is 8.81. The first kappa shape index (κ1) is 23.1. The molecule has 0 spiro atoms. The predicted octanol–water partition coefficient (Wildman–Crippen LogP) is 3.32. The molecule has 0 radical (unpaired) electrons. The molecule has 1 atom stereocenters. The van der Waals surface area contributed by atoms with Gasteiger partial charge in [-0.15, -0.1) is 0 Å². The van der Waals surface area contributed by atoms with Gasteiger partial charge in [0.15, 0.2) is 0 Å². The zero-order valence-electron chi connectivity index (χ0n) is 16.1. The Labute approximate surface area is 161 Å². The molecule has 1 aromatic rings. The van der Waals surface area contributed by atoms with Crippen molar-refractivity contribution in [2.24, 2.45) is 0 Å². The van der Waals surface area contributed by atoms with E-state index < -0.39 is 28.9 Å². The van der Waals surface area contributed by atoms with Crippen molar-refractivity contribution >= 4 is 28.9 Å². The molecule has 0 saturated carbocycles. The Morgan fingerprint density at radius 3 is 2.31 bits per heavy atom. The number of aliphatic hydroxyl groups is 1. The number of aryl methyl sites for hydroxylation is 1. The molecule has 0 aromatic heterocycles. The molecule has 1 unspecified atom stereocenters. The summed E-state index contributed by atoms with van der Waals surface area (Å²) in [5.41, 5.74) is 1.08. The summed E-state index contributed by atoms with van der Waals surface area (Å²) in [6, 6.07) is 8.01. The van der Waals surface area contributed by atoms with Gasteiger partial charge in [-0.2, -0.15) is 0 Å². The van der Waals surface area contributed by atoms with Gasteiger partial charge in [-0.05, 0) is 37.9 Å². The molecule has 0 fully saturated rings. The van der Waals surface area contributed by atoms with E-state index in [0.29, 0.717) is 23.8 Å². The average molecular weight is 418 g/mol. The number of aliphatic hydroxyl groups excluding tert-OH is 1. The van der Waals surface area contributed by atoms with E-state index in [1.54, 1.807) is 12.1 Å². The van der Waals surface area contributed by atoms with Gasteiger partial charge in [0.1, 0.15) is 0 Å². The minimum atomic E-state index is -3.46. The van der Waals surface area contributed by atoms with Crippen molar-refractivity contribution in [1.82, 2.24) is 4.31 Å². The molecule has 0 aliphatic heterocycles. The smallest absolute Gasteiger partial charge is 0.234 e. The van der Waals surface area contributed by atoms with Crippen LogP contribution in [0.5, 0.6) is 0 Å². The molecule has 0 heterocycles. The SMILES string of the molecule is Cc1ccc(S(=O)/C=C\N(CCCCO)S(=O)(=O)CC[Si](C)(C)C)cc1. The molecule has 26 heavy (non-hydrogen) atoms. The highest BCUT2D eigenvalue weighted by Crippen LogP contribution is 2.15. The largest absolute Gasteiger partial charge is 0.396 e. The summed E-state index contributed by atoms with van der Waals surface area (Å²) >= 11 is 0. The standard InChI is InChI=1S/C18H31NO4S2Si/c1-17-7-9-18(10-8-17)24(21)14-12-19(11-5-6-13-20)25(22,23)15-16-26(2,3)4/h7-10,12,14,20H,5-6,11,13,15-16H2,1-4H3/b14-12-. The van der Waals surface area contributed by atoms with E-state index in [-0.39, 0.29) is 18.9 Å². The van der Waals surface area contributed by atoms with Crippen LogP contribution in [-0.4, -0.2) is 49.0 Å². The second-order valence-corrected chi connectivity index (χ2v) is 16.6. The summed E-state index contributed by atoms with van der Waals surface area (Å²) in [6.07, 6.45) is 2.52. The number of hydrogen-bond donors (Lipinski definition) is 1. The maximum Gasteiger partial charge on any atom is 0.234 e. The second-order valence-electron chi connectivity index (χ2n) is 7.56. The summed E-state index contributed by atoms with van der Waals surface area (Å²) in [6.45, 7) is 8.69. The maximum absolute atomic E-state index is 12.7. The fourth-order valence-electron chi connectivity index (χ4n) is 2.11. The maximum atomic E-state index is 12.7. The fourth-order valence-corrected chi connectivity index (χ4v) is 7.38. The third-order valence-electron chi connectivity index (χ3n) is 3.86. The second kappa shape index (κ2) is 10.4. The van der Waals surface area contributed by atoms with Crippen LogP contribution in [0.3, 0.4) is 0 Å². The molecule has 8 heteroatoms. The van der Waals surface area contributed by atoms with Crippen LogP contribution in [0.4, 0.5) is 0 Å². The van der Waals surface area contributed by atoms with E-state index in [0.717, 1.165) is 5.56 Å². The molecule has 1 N–H and O–H groups in total. The van der Waals surface area contributed by atoms with Crippen molar-refractivity contribution in [2.75, 3.05) is 18.9 Å². The van der Waals surface area contributed by atoms with Crippen LogP contribution in [0.2, 0.25) is 25.7 Å². The zero-order valence-corrected chi connectivity index (χ0v) is 18.8. The first-order chi connectivity index (χ1) is 12.0. The summed E-state index contributed by atoms with van der Waals surface area (Å²) in [5.74, 6) is 0.101. The Balaban J connectivity index is 2.90. The monoisotopic (exact) mass is 417 g/mol. The van der Waals surface area contributed by atoms with Crippen LogP contribution in [0.1, 0.15) is 18.4 Å². The number of hydrogen-bond acceptors (Lipinski definition) is 4. The van der Waals surface area contributed by atoms with Crippen molar-refractivity contribution in [1.29, 1.82) is 0 Å². The summed E-state index contributed by atoms with van der Waals surface area (Å²) in [5, 5.41) is 10.4. The van der Waals surface area contributed by atoms with Crippen LogP contribution in [-0.2, 0) is 20.8 Å². The van der Waals surface area contributed by atoms with Gasteiger partial charge in [0.25, 0.3) is 0 Å². The van der Waals surface area contributed by atoms with Gasteiger partial charge in [0.05, 0.1) is 16.6 Å². The van der Waals surface area contributed by atoms with Gasteiger partial charge in [-0.1, -0.05) is 37.3 Å². The molecule has 1 aromatic carbocycles. The zero-order chi connectivity index (χ0) is 19.8. The molecule has 5 nitrogen and oxygen atoms in total. The molecule has 0 aliphatic rings. The van der Waals surface area contributed by atoms with E-state index in [4.69, 9.17) is 5.11 Å². The van der Waals surface area contributed by atoms with Crippen LogP contribution in [0.25, 0.3) is 0 Å². The molecule has 148 valence electrons. The molecular formula is C18H31NO4S2Si. The Morgan fingerprint density at radius 2 is 1.77 bits per heavy atom. The molecular weight excluding hydrogens is 386 g/mol. The minimum Gasteiger partial charge on any atom is -0.396 e. The van der Waals surface area contributed by atoms with Gasteiger partial charge in [-0.3, -0.25) is 4.31 Å². The topological polar surface area (TPSA) is 74.7 Å². The third-order valence-corrected chi connectivity index (χ3v) is 8.81. The van der Waals surface area contributed by atoms with Crippen molar-refractivity contribution < 1.29 is 17.7 Å². The van der Waals surface area contributed by atoms with Gasteiger partial charge in [0, 0.05) is 37.7 Å². The van der Waals surface area contributed by atoms with Crippen molar-refractivity contribution in [3.05, 3.63) is 41.4 Å². The number of benzene rings is 1. The molecule has 0 bridgehead atoms. The molecule has 0 saturated heterocycles. The van der Waals surface area contributed by atoms with E-state index in [1.807, 2.05) is 19.1 Å². The van der Waals surface area contributed by atoms with Gasteiger partial charge in [0.2, 0.25) is 10.0 Å². The minimum absolute atomic E-state index is 0.0296. The highest BCUT2D eigenvalue weighted by atomic mass is 32.2. The average Bonchev–Trinajstić information content (AvgIpc) is 2.56. The molecule has 0 aliphatic carbocycles. The van der Waals surface area contributed by atoms with Crippen LogP contribution < -0.4 is 0 Å². The van der Waals surface area contributed by atoms with Crippen LogP contribution >= 0.6 is 0 Å². The van der Waals surface area contributed by atoms with Crippen LogP contribution in [0, 0.1) is 6.92 Å². The predicted molar refractivity (Wildman–Crippen MR) is 112 cm³/mol. The van der Waals surface area contributed by atoms with E-state index >= 15 is 0 Å². The summed E-state index contributed by atoms with van der Waals surface area (Å²) in [4.78, 5) is 0.640. The summed E-state index contributed by atoms with van der Waals surface area (Å²) in [7, 11) is -6.34. The lowest BCUT2D eigenvalue weighted by molar-refractivity contribution is 0.280. The Morgan fingerprint density at radius 1 is 1.15 bits per heavy atom. The van der Waals surface area contributed by atoms with E-state index in [1.165, 1.54) is 15.9 Å². The first-order valence-corrected chi connectivity index (χ1v) is 15.3. The number of nitrogens with zero attached hydrogens (tertiary/aromatic N) is 1. The fraction of sp³-hybridized carbons (Fsp3) is 0.556. The van der Waals surface area contributed by atoms with Gasteiger partial charge >= 0.3 is 0 Å². The Kier molecular flexibility index (Phi) is 9.22. The molecule has 0 amide bonds. The van der Waals surface area contributed by atoms with Gasteiger partial charge in [-0.25, -0.2) is 12.6 Å². The summed E-state index contributed by atoms with van der Waals surface area (Å²) < 4.78 is 39.1.